The van der Waals surface area contributed by atoms with Crippen LogP contribution in [0.5, 0.6) is 5.75 Å². The summed E-state index contributed by atoms with van der Waals surface area (Å²) in [6.07, 6.45) is 0.763. The first-order valence-electron chi connectivity index (χ1n) is 6.76. The Hall–Kier alpha value is -2.53. The summed E-state index contributed by atoms with van der Waals surface area (Å²) in [5, 5.41) is 29.1. The molecule has 0 unspecified atom stereocenters. The molecule has 8 heteroatoms. The number of halogens is 1. The minimum Gasteiger partial charge on any atom is -0.505 e. The number of nitrogens with one attached hydrogen (secondary N) is 2. The molecule has 0 saturated carbocycles. The maximum Gasteiger partial charge on any atom is 0.259 e. The lowest BCUT2D eigenvalue weighted by molar-refractivity contribution is 0.0496. The van der Waals surface area contributed by atoms with Crippen LogP contribution in [0.25, 0.3) is 0 Å². The Morgan fingerprint density at radius 2 is 2.35 bits per heavy atom. The fourth-order valence-corrected chi connectivity index (χ4v) is 2.76. The van der Waals surface area contributed by atoms with Crippen molar-refractivity contribution >= 4 is 28.1 Å². The zero-order valence-corrected chi connectivity index (χ0v) is 14.1. The lowest BCUT2D eigenvalue weighted by Gasteiger charge is -2.34. The van der Waals surface area contributed by atoms with Gasteiger partial charge in [0.15, 0.2) is 11.6 Å². The van der Waals surface area contributed by atoms with Gasteiger partial charge < -0.3 is 20.6 Å². The summed E-state index contributed by atoms with van der Waals surface area (Å²) in [5.41, 5.74) is 0.253. The Balaban J connectivity index is 2.49. The van der Waals surface area contributed by atoms with Gasteiger partial charge in [-0.15, -0.1) is 0 Å². The molecule has 3 N–H and O–H groups in total. The molecule has 23 heavy (non-hydrogen) atoms. The summed E-state index contributed by atoms with van der Waals surface area (Å²) >= 11 is 3.14. The highest BCUT2D eigenvalue weighted by Crippen LogP contribution is 2.30. The van der Waals surface area contributed by atoms with E-state index in [0.717, 1.165) is 6.21 Å². The Morgan fingerprint density at radius 1 is 1.65 bits per heavy atom. The third kappa shape index (κ3) is 3.14. The standard InChI is InChI=1S/C15H15BrN4O3/c1-8-7-20(14(19-2)12(6-18)23-8)15(22)9-3-10(5-17)13(21)11(16)4-9/h3-4,6,8,18-19,21H,7H2,1-2H3/t8-/m0/s1. The van der Waals surface area contributed by atoms with Crippen LogP contribution in [0.4, 0.5) is 0 Å². The molecule has 0 spiro atoms. The second kappa shape index (κ2) is 6.71. The molecule has 1 amide bonds. The number of phenolic OH excluding ortho intramolecular Hbond substituents is 1. The van der Waals surface area contributed by atoms with Crippen molar-refractivity contribution in [3.8, 4) is 11.8 Å². The van der Waals surface area contributed by atoms with Crippen molar-refractivity contribution < 1.29 is 14.6 Å². The predicted molar refractivity (Wildman–Crippen MR) is 87.0 cm³/mol. The number of allylic oxidation sites excluding steroid dienone is 1. The molecule has 0 saturated heterocycles. The lowest BCUT2D eigenvalue weighted by Crippen LogP contribution is -2.45. The molecule has 1 aromatic rings. The van der Waals surface area contributed by atoms with Crippen LogP contribution in [0.1, 0.15) is 22.8 Å². The molecule has 0 radical (unpaired) electrons. The van der Waals surface area contributed by atoms with Gasteiger partial charge in [-0.1, -0.05) is 0 Å². The molecule has 1 aliphatic rings. The molecule has 0 fully saturated rings. The van der Waals surface area contributed by atoms with Crippen LogP contribution in [-0.2, 0) is 4.74 Å². The number of amides is 1. The van der Waals surface area contributed by atoms with Gasteiger partial charge in [0.2, 0.25) is 0 Å². The maximum atomic E-state index is 12.8. The van der Waals surface area contributed by atoms with Crippen LogP contribution in [0, 0.1) is 16.7 Å². The van der Waals surface area contributed by atoms with Gasteiger partial charge >= 0.3 is 0 Å². The largest absolute Gasteiger partial charge is 0.505 e. The van der Waals surface area contributed by atoms with E-state index in [4.69, 9.17) is 15.4 Å². The van der Waals surface area contributed by atoms with Gasteiger partial charge in [0.05, 0.1) is 22.8 Å². The number of carbonyl (C=O) groups excluding carboxylic acids is 1. The fraction of sp³-hybridized carbons (Fsp3) is 0.267. The van der Waals surface area contributed by atoms with E-state index in [1.165, 1.54) is 17.0 Å². The van der Waals surface area contributed by atoms with E-state index in [9.17, 15) is 9.90 Å². The maximum absolute atomic E-state index is 12.8. The molecule has 1 atom stereocenters. The highest BCUT2D eigenvalue weighted by Gasteiger charge is 2.30. The average molecular weight is 379 g/mol. The van der Waals surface area contributed by atoms with Crippen molar-refractivity contribution in [2.75, 3.05) is 13.6 Å². The monoisotopic (exact) mass is 378 g/mol. The summed E-state index contributed by atoms with van der Waals surface area (Å²) in [6, 6.07) is 4.64. The van der Waals surface area contributed by atoms with E-state index >= 15 is 0 Å². The van der Waals surface area contributed by atoms with Crippen molar-refractivity contribution in [2.24, 2.45) is 0 Å². The minimum absolute atomic E-state index is 0.00583. The first-order valence-corrected chi connectivity index (χ1v) is 7.55. The molecule has 120 valence electrons. The normalized spacial score (nSPS) is 17.3. The Kier molecular flexibility index (Phi) is 4.91. The minimum atomic E-state index is -0.360. The van der Waals surface area contributed by atoms with Gasteiger partial charge in [0.25, 0.3) is 5.91 Å². The molecule has 1 heterocycles. The van der Waals surface area contributed by atoms with Crippen LogP contribution in [0.2, 0.25) is 0 Å². The van der Waals surface area contributed by atoms with Gasteiger partial charge in [-0.3, -0.25) is 9.69 Å². The average Bonchev–Trinajstić information content (AvgIpc) is 2.55. The van der Waals surface area contributed by atoms with Crippen LogP contribution in [0.3, 0.4) is 0 Å². The Bertz CT molecular complexity index is 739. The van der Waals surface area contributed by atoms with Crippen molar-refractivity contribution in [3.63, 3.8) is 0 Å². The molecule has 1 aliphatic heterocycles. The molecule has 0 aromatic heterocycles. The molecule has 0 bridgehead atoms. The third-order valence-corrected chi connectivity index (χ3v) is 3.92. The van der Waals surface area contributed by atoms with Crippen molar-refractivity contribution in [1.82, 2.24) is 10.2 Å². The van der Waals surface area contributed by atoms with Gasteiger partial charge in [0.1, 0.15) is 17.9 Å². The predicted octanol–water partition coefficient (Wildman–Crippen LogP) is 1.93. The summed E-state index contributed by atoms with van der Waals surface area (Å²) in [5.74, 6) is 0.0776. The van der Waals surface area contributed by atoms with E-state index in [1.807, 2.05) is 6.07 Å². The number of hydrogen-bond donors (Lipinski definition) is 3. The first kappa shape index (κ1) is 16.8. The number of aromatic hydroxyl groups is 1. The lowest BCUT2D eigenvalue weighted by atomic mass is 10.1. The Morgan fingerprint density at radius 3 is 2.91 bits per heavy atom. The fourth-order valence-electron chi connectivity index (χ4n) is 2.30. The van der Waals surface area contributed by atoms with Gasteiger partial charge in [-0.2, -0.15) is 5.26 Å². The second-order valence-electron chi connectivity index (χ2n) is 4.92. The number of ether oxygens (including phenoxy) is 1. The summed E-state index contributed by atoms with van der Waals surface area (Å²) in [6.45, 7) is 2.09. The van der Waals surface area contributed by atoms with E-state index < -0.39 is 0 Å². The summed E-state index contributed by atoms with van der Waals surface area (Å²) in [7, 11) is 1.63. The number of nitriles is 1. The topological polar surface area (TPSA) is 109 Å². The number of carbonyl (C=O) groups is 1. The van der Waals surface area contributed by atoms with Crippen LogP contribution < -0.4 is 5.32 Å². The van der Waals surface area contributed by atoms with Crippen LogP contribution >= 0.6 is 15.9 Å². The quantitative estimate of drug-likeness (QED) is 0.696. The SMILES string of the molecule is CNC1=C(C=N)O[C@@H](C)CN1C(=O)c1cc(Br)c(O)c(C#N)c1. The molecule has 7 nitrogen and oxygen atoms in total. The first-order chi connectivity index (χ1) is 10.9. The molecular weight excluding hydrogens is 364 g/mol. The molecule has 1 aromatic carbocycles. The zero-order valence-electron chi connectivity index (χ0n) is 12.6. The highest BCUT2D eigenvalue weighted by molar-refractivity contribution is 9.10. The van der Waals surface area contributed by atoms with Gasteiger partial charge in [-0.25, -0.2) is 0 Å². The highest BCUT2D eigenvalue weighted by atomic mass is 79.9. The van der Waals surface area contributed by atoms with Crippen LogP contribution in [-0.4, -0.2) is 41.8 Å². The van der Waals surface area contributed by atoms with Gasteiger partial charge in [-0.05, 0) is 35.0 Å². The number of hydrogen-bond acceptors (Lipinski definition) is 6. The zero-order chi connectivity index (χ0) is 17.1. The number of benzene rings is 1. The van der Waals surface area contributed by atoms with Crippen molar-refractivity contribution in [2.45, 2.75) is 13.0 Å². The van der Waals surface area contributed by atoms with Gasteiger partial charge in [0, 0.05) is 12.6 Å². The number of nitrogens with zero attached hydrogens (tertiary/aromatic N) is 2. The summed E-state index contributed by atoms with van der Waals surface area (Å²) < 4.78 is 5.79. The van der Waals surface area contributed by atoms with E-state index in [-0.39, 0.29) is 39.1 Å². The van der Waals surface area contributed by atoms with Crippen molar-refractivity contribution in [3.05, 3.63) is 39.3 Å². The van der Waals surface area contributed by atoms with E-state index in [1.54, 1.807) is 14.0 Å². The smallest absolute Gasteiger partial charge is 0.259 e. The van der Waals surface area contributed by atoms with E-state index in [0.29, 0.717) is 12.4 Å². The molecule has 0 aliphatic carbocycles. The summed E-state index contributed by atoms with van der Waals surface area (Å²) in [4.78, 5) is 14.3. The number of phenols is 1. The van der Waals surface area contributed by atoms with Crippen molar-refractivity contribution in [1.29, 1.82) is 10.7 Å². The molecule has 2 rings (SSSR count). The third-order valence-electron chi connectivity index (χ3n) is 3.32. The molecular formula is C15H15BrN4O3. The number of rotatable bonds is 3. The van der Waals surface area contributed by atoms with Crippen LogP contribution in [0.15, 0.2) is 28.2 Å². The Labute approximate surface area is 141 Å². The van der Waals surface area contributed by atoms with E-state index in [2.05, 4.69) is 21.2 Å². The second-order valence-corrected chi connectivity index (χ2v) is 5.77.